The van der Waals surface area contributed by atoms with Crippen molar-refractivity contribution in [1.82, 2.24) is 5.32 Å². The van der Waals surface area contributed by atoms with Gasteiger partial charge in [0.1, 0.15) is 0 Å². The van der Waals surface area contributed by atoms with Crippen molar-refractivity contribution < 1.29 is 9.53 Å². The molecule has 0 radical (unpaired) electrons. The smallest absolute Gasteiger partial charge is 0.330 e. The van der Waals surface area contributed by atoms with Gasteiger partial charge in [-0.1, -0.05) is 19.9 Å². The Morgan fingerprint density at radius 3 is 2.53 bits per heavy atom. The Bertz CT molecular complexity index is 253. The molecule has 3 heteroatoms. The Labute approximate surface area is 105 Å². The summed E-state index contributed by atoms with van der Waals surface area (Å²) in [6, 6.07) is 0.598. The molecular formula is C14H25NO2. The molecule has 1 aliphatic carbocycles. The van der Waals surface area contributed by atoms with Gasteiger partial charge < -0.3 is 10.1 Å². The summed E-state index contributed by atoms with van der Waals surface area (Å²) in [7, 11) is 0. The fourth-order valence-electron chi connectivity index (χ4n) is 2.69. The van der Waals surface area contributed by atoms with Crippen LogP contribution in [0.25, 0.3) is 0 Å². The van der Waals surface area contributed by atoms with Crippen molar-refractivity contribution in [1.29, 1.82) is 0 Å². The second-order valence-corrected chi connectivity index (χ2v) is 5.18. The van der Waals surface area contributed by atoms with Gasteiger partial charge in [0.2, 0.25) is 0 Å². The molecule has 1 aliphatic rings. The van der Waals surface area contributed by atoms with Crippen molar-refractivity contribution >= 4 is 5.97 Å². The molecule has 2 unspecified atom stereocenters. The standard InChI is InChI=1S/C14H25NO2/c1-4-17-14(16)6-5-7-15-13-9-11(2)8-12(3)10-13/h5-6,11-13,15H,4,7-10H2,1-3H3/b6-5+. The van der Waals surface area contributed by atoms with Gasteiger partial charge in [-0.2, -0.15) is 0 Å². The zero-order valence-electron chi connectivity index (χ0n) is 11.2. The van der Waals surface area contributed by atoms with Crippen LogP contribution in [-0.4, -0.2) is 25.2 Å². The predicted octanol–water partition coefficient (Wildman–Crippen LogP) is 2.52. The molecule has 3 nitrogen and oxygen atoms in total. The van der Waals surface area contributed by atoms with Crippen LogP contribution in [0.4, 0.5) is 0 Å². The van der Waals surface area contributed by atoms with Crippen LogP contribution in [0, 0.1) is 11.8 Å². The SMILES string of the molecule is CCOC(=O)/C=C/CNC1CC(C)CC(C)C1. The molecule has 2 atom stereocenters. The quantitative estimate of drug-likeness (QED) is 0.592. The minimum absolute atomic E-state index is 0.250. The van der Waals surface area contributed by atoms with E-state index >= 15 is 0 Å². The molecule has 0 aromatic carbocycles. The number of esters is 1. The van der Waals surface area contributed by atoms with E-state index in [-0.39, 0.29) is 5.97 Å². The van der Waals surface area contributed by atoms with Gasteiger partial charge in [-0.25, -0.2) is 4.79 Å². The molecular weight excluding hydrogens is 214 g/mol. The predicted molar refractivity (Wildman–Crippen MR) is 69.7 cm³/mol. The maximum absolute atomic E-state index is 11.1. The molecule has 1 saturated carbocycles. The fraction of sp³-hybridized carbons (Fsp3) is 0.786. The number of rotatable bonds is 5. The monoisotopic (exact) mass is 239 g/mol. The highest BCUT2D eigenvalue weighted by Gasteiger charge is 2.22. The van der Waals surface area contributed by atoms with Gasteiger partial charge in [-0.05, 0) is 38.0 Å². The molecule has 0 aromatic rings. The molecule has 0 aromatic heterocycles. The summed E-state index contributed by atoms with van der Waals surface area (Å²) < 4.78 is 4.81. The normalized spacial score (nSPS) is 29.5. The highest BCUT2D eigenvalue weighted by Crippen LogP contribution is 2.28. The van der Waals surface area contributed by atoms with E-state index in [2.05, 4.69) is 19.2 Å². The van der Waals surface area contributed by atoms with E-state index < -0.39 is 0 Å². The minimum Gasteiger partial charge on any atom is -0.463 e. The molecule has 98 valence electrons. The van der Waals surface area contributed by atoms with Gasteiger partial charge in [0.15, 0.2) is 0 Å². The third-order valence-corrected chi connectivity index (χ3v) is 3.24. The molecule has 0 heterocycles. The third kappa shape index (κ3) is 5.87. The second-order valence-electron chi connectivity index (χ2n) is 5.18. The third-order valence-electron chi connectivity index (χ3n) is 3.24. The van der Waals surface area contributed by atoms with E-state index in [9.17, 15) is 4.79 Å². The first-order valence-electron chi connectivity index (χ1n) is 6.68. The topological polar surface area (TPSA) is 38.3 Å². The van der Waals surface area contributed by atoms with Gasteiger partial charge in [0, 0.05) is 18.7 Å². The van der Waals surface area contributed by atoms with Gasteiger partial charge in [0.05, 0.1) is 6.61 Å². The molecule has 0 saturated heterocycles. The van der Waals surface area contributed by atoms with E-state index in [0.717, 1.165) is 18.4 Å². The van der Waals surface area contributed by atoms with E-state index in [4.69, 9.17) is 4.74 Å². The molecule has 1 fully saturated rings. The maximum Gasteiger partial charge on any atom is 0.330 e. The van der Waals surface area contributed by atoms with E-state index in [1.165, 1.54) is 25.3 Å². The summed E-state index contributed by atoms with van der Waals surface area (Å²) in [5.41, 5.74) is 0. The fourth-order valence-corrected chi connectivity index (χ4v) is 2.69. The average molecular weight is 239 g/mol. The van der Waals surface area contributed by atoms with Crippen molar-refractivity contribution in [3.05, 3.63) is 12.2 Å². The maximum atomic E-state index is 11.1. The van der Waals surface area contributed by atoms with Crippen molar-refractivity contribution in [2.24, 2.45) is 11.8 Å². The molecule has 0 spiro atoms. The summed E-state index contributed by atoms with van der Waals surface area (Å²) in [5, 5.41) is 3.49. The van der Waals surface area contributed by atoms with Crippen molar-refractivity contribution in [2.75, 3.05) is 13.2 Å². The van der Waals surface area contributed by atoms with E-state index in [1.807, 2.05) is 13.0 Å². The summed E-state index contributed by atoms with van der Waals surface area (Å²) in [6.07, 6.45) is 7.19. The van der Waals surface area contributed by atoms with Crippen LogP contribution < -0.4 is 5.32 Å². The lowest BCUT2D eigenvalue weighted by Crippen LogP contribution is -2.36. The first-order valence-corrected chi connectivity index (χ1v) is 6.68. The summed E-state index contributed by atoms with van der Waals surface area (Å²) in [6.45, 7) is 7.64. The van der Waals surface area contributed by atoms with Crippen LogP contribution in [0.3, 0.4) is 0 Å². The number of ether oxygens (including phenoxy) is 1. The Balaban J connectivity index is 2.19. The summed E-state index contributed by atoms with van der Waals surface area (Å²) in [4.78, 5) is 11.1. The zero-order chi connectivity index (χ0) is 12.7. The first-order chi connectivity index (χ1) is 8.11. The van der Waals surface area contributed by atoms with Gasteiger partial charge in [-0.15, -0.1) is 0 Å². The first kappa shape index (κ1) is 14.2. The highest BCUT2D eigenvalue weighted by molar-refractivity contribution is 5.81. The van der Waals surface area contributed by atoms with Crippen LogP contribution in [-0.2, 0) is 9.53 Å². The van der Waals surface area contributed by atoms with Gasteiger partial charge in [0.25, 0.3) is 0 Å². The lowest BCUT2D eigenvalue weighted by molar-refractivity contribution is -0.137. The highest BCUT2D eigenvalue weighted by atomic mass is 16.5. The lowest BCUT2D eigenvalue weighted by atomic mass is 9.80. The molecule has 0 bridgehead atoms. The van der Waals surface area contributed by atoms with Crippen molar-refractivity contribution in [2.45, 2.75) is 46.1 Å². The molecule has 1 N–H and O–H groups in total. The summed E-state index contributed by atoms with van der Waals surface area (Å²) >= 11 is 0. The minimum atomic E-state index is -0.250. The molecule has 17 heavy (non-hydrogen) atoms. The number of hydrogen-bond acceptors (Lipinski definition) is 3. The van der Waals surface area contributed by atoms with Crippen LogP contribution in [0.5, 0.6) is 0 Å². The molecule has 0 aliphatic heterocycles. The zero-order valence-corrected chi connectivity index (χ0v) is 11.2. The number of carbonyl (C=O) groups is 1. The Morgan fingerprint density at radius 1 is 1.29 bits per heavy atom. The van der Waals surface area contributed by atoms with Crippen LogP contribution in [0.2, 0.25) is 0 Å². The Kier molecular flexibility index (Phi) is 6.27. The Hall–Kier alpha value is -0.830. The largest absolute Gasteiger partial charge is 0.463 e. The molecule has 0 amide bonds. The van der Waals surface area contributed by atoms with Gasteiger partial charge >= 0.3 is 5.97 Å². The number of carbonyl (C=O) groups excluding carboxylic acids is 1. The van der Waals surface area contributed by atoms with Crippen LogP contribution in [0.15, 0.2) is 12.2 Å². The van der Waals surface area contributed by atoms with Crippen molar-refractivity contribution in [3.63, 3.8) is 0 Å². The van der Waals surface area contributed by atoms with Crippen LogP contribution >= 0.6 is 0 Å². The summed E-state index contributed by atoms with van der Waals surface area (Å²) in [5.74, 6) is 1.37. The van der Waals surface area contributed by atoms with E-state index in [1.54, 1.807) is 0 Å². The van der Waals surface area contributed by atoms with E-state index in [0.29, 0.717) is 12.6 Å². The average Bonchev–Trinajstić information content (AvgIpc) is 2.23. The second kappa shape index (κ2) is 7.49. The van der Waals surface area contributed by atoms with Gasteiger partial charge in [-0.3, -0.25) is 0 Å². The van der Waals surface area contributed by atoms with Crippen molar-refractivity contribution in [3.8, 4) is 0 Å². The lowest BCUT2D eigenvalue weighted by Gasteiger charge is -2.31. The Morgan fingerprint density at radius 2 is 1.94 bits per heavy atom. The van der Waals surface area contributed by atoms with Crippen LogP contribution in [0.1, 0.15) is 40.0 Å². The number of nitrogens with one attached hydrogen (secondary N) is 1. The number of hydrogen-bond donors (Lipinski definition) is 1. The molecule has 1 rings (SSSR count).